The Morgan fingerprint density at radius 3 is 2.68 bits per heavy atom. The van der Waals surface area contributed by atoms with Crippen LogP contribution in [0.3, 0.4) is 0 Å². The van der Waals surface area contributed by atoms with E-state index in [4.69, 9.17) is 9.47 Å². The van der Waals surface area contributed by atoms with E-state index in [0.717, 1.165) is 55.2 Å². The van der Waals surface area contributed by atoms with Crippen LogP contribution in [0.25, 0.3) is 10.9 Å². The van der Waals surface area contributed by atoms with Crippen LogP contribution in [-0.2, 0) is 16.6 Å². The summed E-state index contributed by atoms with van der Waals surface area (Å²) in [6.07, 6.45) is 2.53. The minimum absolute atomic E-state index is 0.0662. The molecule has 2 aromatic carbocycles. The van der Waals surface area contributed by atoms with Gasteiger partial charge in [0.05, 0.1) is 33.4 Å². The fourth-order valence-corrected chi connectivity index (χ4v) is 4.54. The maximum absolute atomic E-state index is 13.0. The molecule has 1 aliphatic rings. The first-order valence-corrected chi connectivity index (χ1v) is 11.0. The van der Waals surface area contributed by atoms with Gasteiger partial charge < -0.3 is 24.3 Å². The third-order valence-electron chi connectivity index (χ3n) is 6.21. The largest absolute Gasteiger partial charge is 0.496 e. The number of nitrogens with zero attached hydrogens (tertiary/aromatic N) is 1. The van der Waals surface area contributed by atoms with E-state index in [9.17, 15) is 4.79 Å². The highest BCUT2D eigenvalue weighted by molar-refractivity contribution is 5.86. The summed E-state index contributed by atoms with van der Waals surface area (Å²) in [5, 5.41) is 4.32. The minimum Gasteiger partial charge on any atom is -0.496 e. The van der Waals surface area contributed by atoms with Crippen LogP contribution in [0, 0.1) is 0 Å². The van der Waals surface area contributed by atoms with E-state index in [0.29, 0.717) is 13.0 Å². The third-order valence-corrected chi connectivity index (χ3v) is 6.21. The lowest BCUT2D eigenvalue weighted by Crippen LogP contribution is -3.14. The van der Waals surface area contributed by atoms with Gasteiger partial charge in [0.2, 0.25) is 5.91 Å². The predicted molar refractivity (Wildman–Crippen MR) is 122 cm³/mol. The van der Waals surface area contributed by atoms with Crippen molar-refractivity contribution in [2.24, 2.45) is 7.05 Å². The van der Waals surface area contributed by atoms with Crippen LogP contribution in [-0.4, -0.2) is 57.0 Å². The highest BCUT2D eigenvalue weighted by Crippen LogP contribution is 2.38. The smallest absolute Gasteiger partial charge is 0.221 e. The second-order valence-electron chi connectivity index (χ2n) is 8.17. The van der Waals surface area contributed by atoms with Crippen molar-refractivity contribution < 1.29 is 19.2 Å². The molecule has 0 spiro atoms. The van der Waals surface area contributed by atoms with Crippen molar-refractivity contribution >= 4 is 16.8 Å². The van der Waals surface area contributed by atoms with Crippen LogP contribution in [0.1, 0.15) is 23.5 Å². The van der Waals surface area contributed by atoms with Crippen molar-refractivity contribution in [3.05, 3.63) is 65.9 Å². The fourth-order valence-electron chi connectivity index (χ4n) is 4.54. The van der Waals surface area contributed by atoms with Gasteiger partial charge in [-0.25, -0.2) is 0 Å². The van der Waals surface area contributed by atoms with E-state index in [1.807, 2.05) is 24.3 Å². The summed E-state index contributed by atoms with van der Waals surface area (Å²) in [5.41, 5.74) is 3.35. The van der Waals surface area contributed by atoms with E-state index in [2.05, 4.69) is 47.4 Å². The van der Waals surface area contributed by atoms with E-state index < -0.39 is 0 Å². The number of aromatic nitrogens is 1. The van der Waals surface area contributed by atoms with Crippen molar-refractivity contribution in [2.45, 2.75) is 12.3 Å². The number of hydrogen-bond acceptors (Lipinski definition) is 3. The molecule has 0 aliphatic carbocycles. The predicted octanol–water partition coefficient (Wildman–Crippen LogP) is 1.74. The molecule has 0 saturated carbocycles. The highest BCUT2D eigenvalue weighted by Gasteiger charge is 2.25. The SMILES string of the molecule is COc1ccccc1[C@@H](CC(=O)NCC[NH+]1CCOCC1)c1cn(C)c2ccccc12. The molecular weight excluding hydrogens is 390 g/mol. The lowest BCUT2D eigenvalue weighted by molar-refractivity contribution is -0.906. The Morgan fingerprint density at radius 2 is 1.87 bits per heavy atom. The van der Waals surface area contributed by atoms with E-state index >= 15 is 0 Å². The topological polar surface area (TPSA) is 56.9 Å². The third kappa shape index (κ3) is 4.92. The Kier molecular flexibility index (Phi) is 6.89. The first-order chi connectivity index (χ1) is 15.2. The maximum atomic E-state index is 13.0. The van der Waals surface area contributed by atoms with Gasteiger partial charge in [-0.3, -0.25) is 4.79 Å². The molecule has 6 heteroatoms. The number of ether oxygens (including phenoxy) is 2. The summed E-state index contributed by atoms with van der Waals surface area (Å²) in [7, 11) is 3.74. The molecule has 2 N–H and O–H groups in total. The summed E-state index contributed by atoms with van der Waals surface area (Å²) in [4.78, 5) is 14.5. The molecule has 1 aromatic heterocycles. The molecule has 1 atom stereocenters. The van der Waals surface area contributed by atoms with Gasteiger partial charge >= 0.3 is 0 Å². The van der Waals surface area contributed by atoms with Crippen molar-refractivity contribution in [1.29, 1.82) is 0 Å². The molecule has 1 amide bonds. The molecule has 1 fully saturated rings. The lowest BCUT2D eigenvalue weighted by Gasteiger charge is -2.24. The van der Waals surface area contributed by atoms with Crippen LogP contribution in [0.5, 0.6) is 5.75 Å². The summed E-state index contributed by atoms with van der Waals surface area (Å²) < 4.78 is 13.2. The molecule has 1 aliphatic heterocycles. The Hall–Kier alpha value is -2.83. The van der Waals surface area contributed by atoms with Gasteiger partial charge in [0.15, 0.2) is 0 Å². The van der Waals surface area contributed by atoms with Crippen LogP contribution in [0.2, 0.25) is 0 Å². The number of fused-ring (bicyclic) bond motifs is 1. The Labute approximate surface area is 183 Å². The second kappa shape index (κ2) is 9.98. The molecule has 2 heterocycles. The summed E-state index contributed by atoms with van der Waals surface area (Å²) >= 11 is 0. The molecule has 1 saturated heterocycles. The minimum atomic E-state index is -0.0852. The molecule has 3 aromatic rings. The fraction of sp³-hybridized carbons (Fsp3) is 0.400. The number of benzene rings is 2. The molecular formula is C25H32N3O3+. The summed E-state index contributed by atoms with van der Waals surface area (Å²) in [6, 6.07) is 16.4. The lowest BCUT2D eigenvalue weighted by atomic mass is 9.87. The Morgan fingerprint density at radius 1 is 1.13 bits per heavy atom. The summed E-state index contributed by atoms with van der Waals surface area (Å²) in [6.45, 7) is 5.25. The number of hydrogen-bond donors (Lipinski definition) is 2. The van der Waals surface area contributed by atoms with Gasteiger partial charge in [-0.1, -0.05) is 36.4 Å². The molecule has 4 rings (SSSR count). The Bertz CT molecular complexity index is 1020. The van der Waals surface area contributed by atoms with E-state index in [1.165, 1.54) is 10.3 Å². The zero-order valence-corrected chi connectivity index (χ0v) is 18.4. The normalized spacial score (nSPS) is 15.7. The second-order valence-corrected chi connectivity index (χ2v) is 8.17. The van der Waals surface area contributed by atoms with Crippen LogP contribution in [0.4, 0.5) is 0 Å². The average molecular weight is 423 g/mol. The Balaban J connectivity index is 1.56. The highest BCUT2D eigenvalue weighted by atomic mass is 16.5. The molecule has 0 radical (unpaired) electrons. The number of quaternary nitrogens is 1. The van der Waals surface area contributed by atoms with E-state index in [-0.39, 0.29) is 11.8 Å². The number of methoxy groups -OCH3 is 1. The first kappa shape index (κ1) is 21.4. The van der Waals surface area contributed by atoms with Gasteiger partial charge in [-0.2, -0.15) is 0 Å². The van der Waals surface area contributed by atoms with Crippen molar-refractivity contribution in [2.75, 3.05) is 46.5 Å². The van der Waals surface area contributed by atoms with E-state index in [1.54, 1.807) is 7.11 Å². The maximum Gasteiger partial charge on any atom is 0.221 e. The average Bonchev–Trinajstić information content (AvgIpc) is 3.15. The monoisotopic (exact) mass is 422 g/mol. The zero-order chi connectivity index (χ0) is 21.6. The van der Waals surface area contributed by atoms with Gasteiger partial charge in [0.25, 0.3) is 0 Å². The molecule has 0 unspecified atom stereocenters. The number of aryl methyl sites for hydroxylation is 1. The number of rotatable bonds is 8. The number of carbonyl (C=O) groups excluding carboxylic acids is 1. The number of morpholine rings is 1. The van der Waals surface area contributed by atoms with Crippen molar-refractivity contribution in [3.63, 3.8) is 0 Å². The quantitative estimate of drug-likeness (QED) is 0.582. The van der Waals surface area contributed by atoms with Gasteiger partial charge in [-0.05, 0) is 17.7 Å². The van der Waals surface area contributed by atoms with Gasteiger partial charge in [0.1, 0.15) is 18.8 Å². The van der Waals surface area contributed by atoms with Crippen molar-refractivity contribution in [1.82, 2.24) is 9.88 Å². The summed E-state index contributed by atoms with van der Waals surface area (Å²) in [5.74, 6) is 0.792. The number of carbonyl (C=O) groups is 1. The number of nitrogens with one attached hydrogen (secondary N) is 2. The van der Waals surface area contributed by atoms with Crippen LogP contribution < -0.4 is 15.0 Å². The first-order valence-electron chi connectivity index (χ1n) is 11.0. The zero-order valence-electron chi connectivity index (χ0n) is 18.4. The van der Waals surface area contributed by atoms with Crippen LogP contribution >= 0.6 is 0 Å². The molecule has 0 bridgehead atoms. The molecule has 31 heavy (non-hydrogen) atoms. The molecule has 6 nitrogen and oxygen atoms in total. The van der Waals surface area contributed by atoms with Gasteiger partial charge in [0, 0.05) is 42.0 Å². The number of amides is 1. The van der Waals surface area contributed by atoms with Crippen molar-refractivity contribution in [3.8, 4) is 5.75 Å². The van der Waals surface area contributed by atoms with Gasteiger partial charge in [-0.15, -0.1) is 0 Å². The number of para-hydroxylation sites is 2. The van der Waals surface area contributed by atoms with Crippen LogP contribution in [0.15, 0.2) is 54.7 Å². The molecule has 164 valence electrons. The standard InChI is InChI=1S/C25H31N3O3/c1-27-18-22(19-7-3-5-9-23(19)27)21(20-8-4-6-10-24(20)30-2)17-25(29)26-11-12-28-13-15-31-16-14-28/h3-10,18,21H,11-17H2,1-2H3,(H,26,29)/p+1/t21-/m1/s1.